The van der Waals surface area contributed by atoms with E-state index >= 15 is 0 Å². The molecule has 2 heterocycles. The molecule has 2 aromatic carbocycles. The number of ether oxygens (including phenoxy) is 1. The molecule has 3 N–H and O–H groups in total. The van der Waals surface area contributed by atoms with Crippen LogP contribution in [0.1, 0.15) is 6.92 Å². The van der Waals surface area contributed by atoms with E-state index in [9.17, 15) is 18.5 Å². The third-order valence-corrected chi connectivity index (χ3v) is 4.59. The van der Waals surface area contributed by atoms with Gasteiger partial charge in [0.1, 0.15) is 17.1 Å². The molecule has 1 aromatic heterocycles. The first kappa shape index (κ1) is 22.5. The number of fused-ring (bicyclic) bond motifs is 2. The van der Waals surface area contributed by atoms with Crippen molar-refractivity contribution in [2.45, 2.75) is 13.5 Å². The molecule has 1 aliphatic heterocycles. The molecule has 3 aromatic rings. The fraction of sp³-hybridized carbons (Fsp3) is 0.316. The number of nitrogens with one attached hydrogen (secondary N) is 2. The molecule has 12 heteroatoms. The van der Waals surface area contributed by atoms with Gasteiger partial charge in [0.2, 0.25) is 0 Å². The molecule has 4 rings (SSSR count). The molecule has 0 fully saturated rings. The summed E-state index contributed by atoms with van der Waals surface area (Å²) in [5.41, 5.74) is 3.82. The van der Waals surface area contributed by atoms with Gasteiger partial charge in [-0.05, 0) is 30.8 Å². The first-order valence-electron chi connectivity index (χ1n) is 9.40. The highest BCUT2D eigenvalue weighted by Gasteiger charge is 2.29. The van der Waals surface area contributed by atoms with Gasteiger partial charge in [0.05, 0.1) is 35.7 Å². The van der Waals surface area contributed by atoms with Gasteiger partial charge in [-0.1, -0.05) is 6.92 Å². The van der Waals surface area contributed by atoms with Gasteiger partial charge in [0, 0.05) is 23.9 Å². The van der Waals surface area contributed by atoms with E-state index in [2.05, 4.69) is 17.6 Å². The number of nitro groups is 1. The molecule has 0 radical (unpaired) electrons. The van der Waals surface area contributed by atoms with Gasteiger partial charge in [0.15, 0.2) is 0 Å². The molecule has 0 atom stereocenters. The SMILES string of the molecule is CCNCCn1nc2c3c(c([N+](=O)[O-])ccc31)Nc1ccc(OC)cc1-2.CS(=O)(=O)O. The van der Waals surface area contributed by atoms with E-state index in [-0.39, 0.29) is 10.6 Å². The Morgan fingerprint density at radius 3 is 2.65 bits per heavy atom. The number of hydrogen-bond acceptors (Lipinski definition) is 8. The Labute approximate surface area is 178 Å². The normalized spacial score (nSPS) is 11.9. The lowest BCUT2D eigenvalue weighted by molar-refractivity contribution is -0.383. The predicted molar refractivity (Wildman–Crippen MR) is 118 cm³/mol. The van der Waals surface area contributed by atoms with Crippen LogP contribution in [0.5, 0.6) is 5.75 Å². The molecular weight excluding hydrogens is 426 g/mol. The Morgan fingerprint density at radius 1 is 1.32 bits per heavy atom. The van der Waals surface area contributed by atoms with E-state index in [0.717, 1.165) is 46.7 Å². The van der Waals surface area contributed by atoms with Crippen molar-refractivity contribution in [2.24, 2.45) is 0 Å². The molecule has 166 valence electrons. The lowest BCUT2D eigenvalue weighted by atomic mass is 9.99. The summed E-state index contributed by atoms with van der Waals surface area (Å²) in [6.45, 7) is 4.39. The second-order valence-corrected chi connectivity index (χ2v) is 8.27. The molecule has 0 amide bonds. The maximum Gasteiger partial charge on any atom is 0.293 e. The van der Waals surface area contributed by atoms with Crippen LogP contribution in [0.2, 0.25) is 0 Å². The first-order valence-corrected chi connectivity index (χ1v) is 11.2. The van der Waals surface area contributed by atoms with Crippen LogP contribution in [0.3, 0.4) is 0 Å². The van der Waals surface area contributed by atoms with E-state index in [4.69, 9.17) is 14.4 Å². The second kappa shape index (κ2) is 8.88. The van der Waals surface area contributed by atoms with Crippen LogP contribution in [0.4, 0.5) is 17.1 Å². The topological polar surface area (TPSA) is 149 Å². The van der Waals surface area contributed by atoms with Crippen molar-refractivity contribution in [3.05, 3.63) is 40.4 Å². The van der Waals surface area contributed by atoms with Crippen LogP contribution in [-0.4, -0.2) is 54.1 Å². The lowest BCUT2D eigenvalue weighted by Crippen LogP contribution is -2.19. The quantitative estimate of drug-likeness (QED) is 0.175. The fourth-order valence-corrected chi connectivity index (χ4v) is 3.35. The van der Waals surface area contributed by atoms with Crippen molar-refractivity contribution >= 4 is 38.1 Å². The van der Waals surface area contributed by atoms with Crippen LogP contribution in [0.25, 0.3) is 22.2 Å². The molecule has 1 aliphatic rings. The Hall–Kier alpha value is -3.22. The minimum Gasteiger partial charge on any atom is -0.497 e. The average Bonchev–Trinajstić information content (AvgIpc) is 3.07. The maximum absolute atomic E-state index is 11.5. The van der Waals surface area contributed by atoms with Gasteiger partial charge in [-0.2, -0.15) is 13.5 Å². The molecule has 0 saturated carbocycles. The first-order chi connectivity index (χ1) is 14.6. The van der Waals surface area contributed by atoms with Gasteiger partial charge in [-0.25, -0.2) is 0 Å². The van der Waals surface area contributed by atoms with Crippen LogP contribution in [0, 0.1) is 10.1 Å². The van der Waals surface area contributed by atoms with Crippen molar-refractivity contribution in [3.8, 4) is 17.0 Å². The van der Waals surface area contributed by atoms with E-state index in [1.54, 1.807) is 13.2 Å². The lowest BCUT2D eigenvalue weighted by Gasteiger charge is -2.18. The molecule has 11 nitrogen and oxygen atoms in total. The minimum absolute atomic E-state index is 0.0476. The monoisotopic (exact) mass is 449 g/mol. The summed E-state index contributed by atoms with van der Waals surface area (Å²) in [4.78, 5) is 11.1. The summed E-state index contributed by atoms with van der Waals surface area (Å²) in [5.74, 6) is 0.717. The van der Waals surface area contributed by atoms with E-state index in [1.807, 2.05) is 22.9 Å². The smallest absolute Gasteiger partial charge is 0.293 e. The summed E-state index contributed by atoms with van der Waals surface area (Å²) in [5, 5.41) is 23.5. The van der Waals surface area contributed by atoms with Crippen molar-refractivity contribution in [1.29, 1.82) is 0 Å². The van der Waals surface area contributed by atoms with Gasteiger partial charge < -0.3 is 15.4 Å². The van der Waals surface area contributed by atoms with Crippen molar-refractivity contribution in [2.75, 3.05) is 31.8 Å². The molecule has 0 unspecified atom stereocenters. The highest BCUT2D eigenvalue weighted by molar-refractivity contribution is 7.85. The van der Waals surface area contributed by atoms with Crippen LogP contribution in [-0.2, 0) is 16.7 Å². The van der Waals surface area contributed by atoms with Crippen molar-refractivity contribution < 1.29 is 22.6 Å². The maximum atomic E-state index is 11.5. The van der Waals surface area contributed by atoms with Crippen molar-refractivity contribution in [3.63, 3.8) is 0 Å². The van der Waals surface area contributed by atoms with E-state index < -0.39 is 10.1 Å². The third kappa shape index (κ3) is 4.93. The number of methoxy groups -OCH3 is 1. The van der Waals surface area contributed by atoms with Crippen molar-refractivity contribution in [1.82, 2.24) is 15.1 Å². The standard InChI is InChI=1S/C18H19N5O3.CH4O3S/c1-3-19-8-9-22-14-6-7-15(23(24)25)18-16(14)17(21-22)12-10-11(26-2)4-5-13(12)20-18;1-5(2,3)4/h4-7,10,19-20H,3,8-9H2,1-2H3;1H3,(H,2,3,4). The van der Waals surface area contributed by atoms with Gasteiger partial charge in [-0.3, -0.25) is 19.3 Å². The Morgan fingerprint density at radius 2 is 2.03 bits per heavy atom. The largest absolute Gasteiger partial charge is 0.497 e. The summed E-state index contributed by atoms with van der Waals surface area (Å²) in [6, 6.07) is 8.89. The zero-order chi connectivity index (χ0) is 22.8. The Bertz CT molecular complexity index is 1230. The third-order valence-electron chi connectivity index (χ3n) is 4.59. The number of aromatic nitrogens is 2. The van der Waals surface area contributed by atoms with Crippen LogP contribution >= 0.6 is 0 Å². The predicted octanol–water partition coefficient (Wildman–Crippen LogP) is 2.79. The molecule has 0 saturated heterocycles. The van der Waals surface area contributed by atoms with Crippen LogP contribution in [0.15, 0.2) is 30.3 Å². The number of nitrogens with zero attached hydrogens (tertiary/aromatic N) is 3. The molecule has 31 heavy (non-hydrogen) atoms. The highest BCUT2D eigenvalue weighted by atomic mass is 32.2. The molecule has 0 spiro atoms. The average molecular weight is 449 g/mol. The molecule has 0 bridgehead atoms. The summed E-state index contributed by atoms with van der Waals surface area (Å²) >= 11 is 0. The number of benzene rings is 2. The zero-order valence-electron chi connectivity index (χ0n) is 17.2. The summed E-state index contributed by atoms with van der Waals surface area (Å²) < 4.78 is 33.1. The highest BCUT2D eigenvalue weighted by Crippen LogP contribution is 2.47. The number of anilines is 2. The summed E-state index contributed by atoms with van der Waals surface area (Å²) in [6.07, 6.45) is 0.715. The Balaban J connectivity index is 0.000000491. The van der Waals surface area contributed by atoms with Gasteiger partial charge in [-0.15, -0.1) is 0 Å². The van der Waals surface area contributed by atoms with Gasteiger partial charge in [0.25, 0.3) is 15.8 Å². The minimum atomic E-state index is -3.67. The van der Waals surface area contributed by atoms with E-state index in [1.165, 1.54) is 6.07 Å². The number of hydrogen-bond donors (Lipinski definition) is 3. The summed E-state index contributed by atoms with van der Waals surface area (Å²) in [7, 11) is -2.05. The number of rotatable bonds is 6. The molecular formula is C19H23N5O6S. The van der Waals surface area contributed by atoms with Gasteiger partial charge >= 0.3 is 0 Å². The Kier molecular flexibility index (Phi) is 6.43. The second-order valence-electron chi connectivity index (χ2n) is 6.81. The number of nitro benzene ring substituents is 1. The fourth-order valence-electron chi connectivity index (χ4n) is 3.35. The molecule has 0 aliphatic carbocycles. The number of likely N-dealkylation sites (N-methyl/N-ethyl adjacent to an activating group) is 1. The zero-order valence-corrected chi connectivity index (χ0v) is 18.1. The van der Waals surface area contributed by atoms with E-state index in [0.29, 0.717) is 18.5 Å². The van der Waals surface area contributed by atoms with Crippen LogP contribution < -0.4 is 15.4 Å².